The Morgan fingerprint density at radius 1 is 1.00 bits per heavy atom. The summed E-state index contributed by atoms with van der Waals surface area (Å²) in [7, 11) is 0. The second-order valence-electron chi connectivity index (χ2n) is 3.67. The summed E-state index contributed by atoms with van der Waals surface area (Å²) in [5.74, 6) is 0. The lowest BCUT2D eigenvalue weighted by Gasteiger charge is -2.07. The van der Waals surface area contributed by atoms with Gasteiger partial charge in [-0.2, -0.15) is 13.2 Å². The number of aldehydes is 1. The summed E-state index contributed by atoms with van der Waals surface area (Å²) in [4.78, 5) is 14.4. The SMILES string of the molecule is O=Cc1ccc(-c2ccc(C(F)(F)F)cc2)nc1. The van der Waals surface area contributed by atoms with Gasteiger partial charge in [0.15, 0.2) is 6.29 Å². The van der Waals surface area contributed by atoms with Crippen molar-refractivity contribution in [2.45, 2.75) is 6.18 Å². The average molecular weight is 251 g/mol. The zero-order valence-corrected chi connectivity index (χ0v) is 9.11. The number of hydrogen-bond donors (Lipinski definition) is 0. The second kappa shape index (κ2) is 4.60. The van der Waals surface area contributed by atoms with Gasteiger partial charge in [-0.15, -0.1) is 0 Å². The lowest BCUT2D eigenvalue weighted by Crippen LogP contribution is -2.04. The van der Waals surface area contributed by atoms with Crippen LogP contribution in [0.4, 0.5) is 13.2 Å². The molecule has 18 heavy (non-hydrogen) atoms. The van der Waals surface area contributed by atoms with Gasteiger partial charge in [0.25, 0.3) is 0 Å². The fraction of sp³-hybridized carbons (Fsp3) is 0.0769. The van der Waals surface area contributed by atoms with Crippen molar-refractivity contribution in [3.8, 4) is 11.3 Å². The Labute approximate surface area is 101 Å². The summed E-state index contributed by atoms with van der Waals surface area (Å²) in [5, 5.41) is 0. The second-order valence-corrected chi connectivity index (χ2v) is 3.67. The third-order valence-electron chi connectivity index (χ3n) is 2.43. The molecule has 0 aliphatic carbocycles. The normalized spacial score (nSPS) is 11.3. The fourth-order valence-electron chi connectivity index (χ4n) is 1.48. The molecule has 0 bridgehead atoms. The maximum atomic E-state index is 12.4. The topological polar surface area (TPSA) is 30.0 Å². The molecule has 1 aromatic carbocycles. The van der Waals surface area contributed by atoms with E-state index in [1.165, 1.54) is 18.3 Å². The minimum atomic E-state index is -4.34. The highest BCUT2D eigenvalue weighted by atomic mass is 19.4. The third kappa shape index (κ3) is 2.56. The Balaban J connectivity index is 2.31. The maximum absolute atomic E-state index is 12.4. The third-order valence-corrected chi connectivity index (χ3v) is 2.43. The van der Waals surface area contributed by atoms with Gasteiger partial charge in [0.1, 0.15) is 0 Å². The van der Waals surface area contributed by atoms with Crippen molar-refractivity contribution in [1.82, 2.24) is 4.98 Å². The van der Waals surface area contributed by atoms with E-state index in [4.69, 9.17) is 0 Å². The maximum Gasteiger partial charge on any atom is 0.416 e. The smallest absolute Gasteiger partial charge is 0.298 e. The van der Waals surface area contributed by atoms with Crippen LogP contribution in [0.1, 0.15) is 15.9 Å². The van der Waals surface area contributed by atoms with Gasteiger partial charge in [-0.05, 0) is 24.3 Å². The van der Waals surface area contributed by atoms with Crippen molar-refractivity contribution in [3.63, 3.8) is 0 Å². The van der Waals surface area contributed by atoms with Crippen LogP contribution < -0.4 is 0 Å². The number of alkyl halides is 3. The van der Waals surface area contributed by atoms with Crippen molar-refractivity contribution < 1.29 is 18.0 Å². The zero-order valence-electron chi connectivity index (χ0n) is 9.11. The first-order valence-electron chi connectivity index (χ1n) is 5.09. The first kappa shape index (κ1) is 12.3. The highest BCUT2D eigenvalue weighted by Crippen LogP contribution is 2.30. The number of pyridine rings is 1. The molecule has 0 saturated carbocycles. The van der Waals surface area contributed by atoms with E-state index in [2.05, 4.69) is 4.98 Å². The van der Waals surface area contributed by atoms with Crippen molar-refractivity contribution in [2.75, 3.05) is 0 Å². The molecule has 0 unspecified atom stereocenters. The molecule has 2 aromatic rings. The van der Waals surface area contributed by atoms with E-state index in [1.807, 2.05) is 0 Å². The molecule has 0 aliphatic rings. The molecule has 1 heterocycles. The van der Waals surface area contributed by atoms with E-state index in [9.17, 15) is 18.0 Å². The highest BCUT2D eigenvalue weighted by Gasteiger charge is 2.29. The van der Waals surface area contributed by atoms with Crippen LogP contribution in [-0.4, -0.2) is 11.3 Å². The van der Waals surface area contributed by atoms with Gasteiger partial charge in [-0.1, -0.05) is 12.1 Å². The van der Waals surface area contributed by atoms with Crippen LogP contribution in [0.25, 0.3) is 11.3 Å². The number of rotatable bonds is 2. The van der Waals surface area contributed by atoms with Crippen LogP contribution in [-0.2, 0) is 6.18 Å². The summed E-state index contributed by atoms with van der Waals surface area (Å²) in [5.41, 5.74) is 0.816. The van der Waals surface area contributed by atoms with E-state index >= 15 is 0 Å². The predicted octanol–water partition coefficient (Wildman–Crippen LogP) is 3.58. The number of carbonyl (C=O) groups is 1. The number of hydrogen-bond acceptors (Lipinski definition) is 2. The minimum Gasteiger partial charge on any atom is -0.298 e. The van der Waals surface area contributed by atoms with Crippen LogP contribution in [0.2, 0.25) is 0 Å². The van der Waals surface area contributed by atoms with Crippen molar-refractivity contribution in [1.29, 1.82) is 0 Å². The number of nitrogens with zero attached hydrogens (tertiary/aromatic N) is 1. The molecule has 2 nitrogen and oxygen atoms in total. The molecule has 0 fully saturated rings. The summed E-state index contributed by atoms with van der Waals surface area (Å²) in [6.07, 6.45) is -2.31. The average Bonchev–Trinajstić information content (AvgIpc) is 2.38. The molecule has 0 spiro atoms. The monoisotopic (exact) mass is 251 g/mol. The standard InChI is InChI=1S/C13H8F3NO/c14-13(15,16)11-4-2-10(3-5-11)12-6-1-9(8-18)7-17-12/h1-8H. The quantitative estimate of drug-likeness (QED) is 0.763. The van der Waals surface area contributed by atoms with Crippen molar-refractivity contribution in [3.05, 3.63) is 53.7 Å². The molecule has 5 heteroatoms. The van der Waals surface area contributed by atoms with E-state index in [0.29, 0.717) is 23.1 Å². The predicted molar refractivity (Wildman–Crippen MR) is 60.1 cm³/mol. The van der Waals surface area contributed by atoms with Gasteiger partial charge in [0, 0.05) is 17.3 Å². The first-order valence-corrected chi connectivity index (χ1v) is 5.09. The zero-order chi connectivity index (χ0) is 13.2. The van der Waals surface area contributed by atoms with Gasteiger partial charge in [0.2, 0.25) is 0 Å². The molecule has 0 aliphatic heterocycles. The van der Waals surface area contributed by atoms with E-state index in [1.54, 1.807) is 12.1 Å². The Morgan fingerprint density at radius 3 is 2.11 bits per heavy atom. The number of benzene rings is 1. The van der Waals surface area contributed by atoms with Gasteiger partial charge in [0.05, 0.1) is 11.3 Å². The summed E-state index contributed by atoms with van der Waals surface area (Å²) >= 11 is 0. The largest absolute Gasteiger partial charge is 0.416 e. The Hall–Kier alpha value is -2.17. The summed E-state index contributed by atoms with van der Waals surface area (Å²) in [6.45, 7) is 0. The lowest BCUT2D eigenvalue weighted by atomic mass is 10.1. The molecule has 2 rings (SSSR count). The Bertz CT molecular complexity index is 544. The van der Waals surface area contributed by atoms with Gasteiger partial charge >= 0.3 is 6.18 Å². The van der Waals surface area contributed by atoms with Crippen molar-refractivity contribution >= 4 is 6.29 Å². The van der Waals surface area contributed by atoms with Crippen LogP contribution >= 0.6 is 0 Å². The minimum absolute atomic E-state index is 0.422. The van der Waals surface area contributed by atoms with Crippen LogP contribution in [0.3, 0.4) is 0 Å². The van der Waals surface area contributed by atoms with Crippen LogP contribution in [0.5, 0.6) is 0 Å². The highest BCUT2D eigenvalue weighted by molar-refractivity contribution is 5.75. The van der Waals surface area contributed by atoms with Crippen LogP contribution in [0.15, 0.2) is 42.6 Å². The molecule has 0 saturated heterocycles. The van der Waals surface area contributed by atoms with Crippen LogP contribution in [0, 0.1) is 0 Å². The molecular weight excluding hydrogens is 243 g/mol. The van der Waals surface area contributed by atoms with Gasteiger partial charge in [-0.25, -0.2) is 0 Å². The molecule has 0 N–H and O–H groups in total. The van der Waals surface area contributed by atoms with E-state index in [0.717, 1.165) is 12.1 Å². The van der Waals surface area contributed by atoms with E-state index in [-0.39, 0.29) is 0 Å². The molecule has 1 aromatic heterocycles. The van der Waals surface area contributed by atoms with E-state index < -0.39 is 11.7 Å². The molecule has 0 atom stereocenters. The Kier molecular flexibility index (Phi) is 3.14. The Morgan fingerprint density at radius 2 is 1.67 bits per heavy atom. The molecule has 92 valence electrons. The first-order chi connectivity index (χ1) is 8.50. The fourth-order valence-corrected chi connectivity index (χ4v) is 1.48. The van der Waals surface area contributed by atoms with Crippen molar-refractivity contribution in [2.24, 2.45) is 0 Å². The van der Waals surface area contributed by atoms with Gasteiger partial charge in [-0.3, -0.25) is 9.78 Å². The molecule has 0 amide bonds. The number of aromatic nitrogens is 1. The molecule has 0 radical (unpaired) electrons. The lowest BCUT2D eigenvalue weighted by molar-refractivity contribution is -0.137. The van der Waals surface area contributed by atoms with Gasteiger partial charge < -0.3 is 0 Å². The summed E-state index contributed by atoms with van der Waals surface area (Å²) < 4.78 is 37.1. The number of carbonyl (C=O) groups excluding carboxylic acids is 1. The molecular formula is C13H8F3NO. The number of halogens is 3. The summed E-state index contributed by atoms with van der Waals surface area (Å²) in [6, 6.07) is 7.87.